The van der Waals surface area contributed by atoms with E-state index in [4.69, 9.17) is 10.5 Å². The molecule has 2 N–H and O–H groups in total. The summed E-state index contributed by atoms with van der Waals surface area (Å²) in [6, 6.07) is 9.68. The molecule has 2 aromatic rings. The summed E-state index contributed by atoms with van der Waals surface area (Å²) >= 11 is 0. The first-order valence-corrected chi connectivity index (χ1v) is 8.61. The lowest BCUT2D eigenvalue weighted by molar-refractivity contribution is 0.0730. The third kappa shape index (κ3) is 4.82. The third-order valence-electron chi connectivity index (χ3n) is 3.93. The highest BCUT2D eigenvalue weighted by Gasteiger charge is 2.26. The number of benzene rings is 1. The fraction of sp³-hybridized carbons (Fsp3) is 0.474. The smallest absolute Gasteiger partial charge is 0.278 e. The van der Waals surface area contributed by atoms with E-state index < -0.39 is 0 Å². The standard InChI is InChI=1S/C19H28N4O2/c1-5-11-25-16-12-23(15-9-7-6-8-10-15)21-17(16)18(24)22(4)14-19(2,3)13-20/h6-10,12H,5,11,13-14,20H2,1-4H3. The second-order valence-electron chi connectivity index (χ2n) is 7.00. The van der Waals surface area contributed by atoms with Gasteiger partial charge in [0.15, 0.2) is 11.4 Å². The molecule has 1 amide bonds. The van der Waals surface area contributed by atoms with E-state index in [9.17, 15) is 4.79 Å². The van der Waals surface area contributed by atoms with Crippen LogP contribution in [0.4, 0.5) is 0 Å². The number of hydrogen-bond donors (Lipinski definition) is 1. The fourth-order valence-corrected chi connectivity index (χ4v) is 2.50. The van der Waals surface area contributed by atoms with Gasteiger partial charge in [0, 0.05) is 13.6 Å². The monoisotopic (exact) mass is 344 g/mol. The van der Waals surface area contributed by atoms with Crippen LogP contribution in [0.25, 0.3) is 5.69 Å². The summed E-state index contributed by atoms with van der Waals surface area (Å²) in [6.45, 7) is 7.69. The van der Waals surface area contributed by atoms with E-state index >= 15 is 0 Å². The molecular formula is C19H28N4O2. The zero-order valence-corrected chi connectivity index (χ0v) is 15.5. The number of carbonyl (C=O) groups is 1. The Kier molecular flexibility index (Phi) is 6.20. The number of carbonyl (C=O) groups excluding carboxylic acids is 1. The Morgan fingerprint density at radius 3 is 2.60 bits per heavy atom. The van der Waals surface area contributed by atoms with Crippen LogP contribution in [-0.2, 0) is 0 Å². The van der Waals surface area contributed by atoms with E-state index in [0.717, 1.165) is 12.1 Å². The van der Waals surface area contributed by atoms with Crippen molar-refractivity contribution in [1.29, 1.82) is 0 Å². The van der Waals surface area contributed by atoms with Crippen LogP contribution >= 0.6 is 0 Å². The van der Waals surface area contributed by atoms with Gasteiger partial charge in [-0.15, -0.1) is 0 Å². The largest absolute Gasteiger partial charge is 0.489 e. The van der Waals surface area contributed by atoms with E-state index in [1.165, 1.54) is 0 Å². The molecule has 0 aliphatic heterocycles. The molecule has 0 spiro atoms. The SMILES string of the molecule is CCCOc1cn(-c2ccccc2)nc1C(=O)N(C)CC(C)(C)CN. The molecule has 0 saturated carbocycles. The molecule has 6 nitrogen and oxygen atoms in total. The number of aromatic nitrogens is 2. The van der Waals surface area contributed by atoms with Crippen molar-refractivity contribution in [3.63, 3.8) is 0 Å². The number of amides is 1. The second kappa shape index (κ2) is 8.16. The molecule has 0 atom stereocenters. The number of para-hydroxylation sites is 1. The minimum absolute atomic E-state index is 0.156. The Bertz CT molecular complexity index is 695. The molecule has 1 aromatic carbocycles. The van der Waals surface area contributed by atoms with Crippen LogP contribution in [0.3, 0.4) is 0 Å². The van der Waals surface area contributed by atoms with Gasteiger partial charge in [-0.3, -0.25) is 4.79 Å². The summed E-state index contributed by atoms with van der Waals surface area (Å²) in [5, 5.41) is 4.48. The summed E-state index contributed by atoms with van der Waals surface area (Å²) in [6.07, 6.45) is 2.63. The van der Waals surface area contributed by atoms with Gasteiger partial charge in [0.1, 0.15) is 0 Å². The molecule has 136 valence electrons. The quantitative estimate of drug-likeness (QED) is 0.799. The van der Waals surface area contributed by atoms with E-state index in [0.29, 0.717) is 31.1 Å². The fourth-order valence-electron chi connectivity index (χ4n) is 2.50. The maximum absolute atomic E-state index is 12.9. The summed E-state index contributed by atoms with van der Waals surface area (Å²) in [4.78, 5) is 14.6. The third-order valence-corrected chi connectivity index (χ3v) is 3.93. The van der Waals surface area contributed by atoms with Crippen molar-refractivity contribution in [3.8, 4) is 11.4 Å². The maximum Gasteiger partial charge on any atom is 0.278 e. The summed E-state index contributed by atoms with van der Waals surface area (Å²) in [7, 11) is 1.77. The van der Waals surface area contributed by atoms with Crippen molar-refractivity contribution in [2.75, 3.05) is 26.7 Å². The van der Waals surface area contributed by atoms with Crippen molar-refractivity contribution in [2.24, 2.45) is 11.1 Å². The van der Waals surface area contributed by atoms with Gasteiger partial charge >= 0.3 is 0 Å². The zero-order valence-electron chi connectivity index (χ0n) is 15.5. The van der Waals surface area contributed by atoms with Crippen molar-refractivity contribution in [3.05, 3.63) is 42.2 Å². The van der Waals surface area contributed by atoms with Crippen LogP contribution in [0.1, 0.15) is 37.7 Å². The molecule has 6 heteroatoms. The molecule has 0 radical (unpaired) electrons. The second-order valence-corrected chi connectivity index (χ2v) is 7.00. The molecule has 0 aliphatic carbocycles. The van der Waals surface area contributed by atoms with Crippen molar-refractivity contribution >= 4 is 5.91 Å². The van der Waals surface area contributed by atoms with Gasteiger partial charge in [0.2, 0.25) is 0 Å². The van der Waals surface area contributed by atoms with E-state index in [-0.39, 0.29) is 11.3 Å². The number of nitrogens with two attached hydrogens (primary N) is 1. The van der Waals surface area contributed by atoms with Crippen molar-refractivity contribution < 1.29 is 9.53 Å². The van der Waals surface area contributed by atoms with Gasteiger partial charge in [-0.1, -0.05) is 39.0 Å². The zero-order chi connectivity index (χ0) is 18.4. The molecule has 0 aliphatic rings. The van der Waals surface area contributed by atoms with E-state index in [2.05, 4.69) is 5.10 Å². The Labute approximate surface area is 149 Å². The minimum atomic E-state index is -0.165. The summed E-state index contributed by atoms with van der Waals surface area (Å²) in [5.41, 5.74) is 6.84. The average molecular weight is 344 g/mol. The van der Waals surface area contributed by atoms with Gasteiger partial charge in [-0.05, 0) is 30.5 Å². The Morgan fingerprint density at radius 2 is 2.00 bits per heavy atom. The average Bonchev–Trinajstić information content (AvgIpc) is 3.03. The lowest BCUT2D eigenvalue weighted by atomic mass is 9.93. The Balaban J connectivity index is 2.31. The number of nitrogens with zero attached hydrogens (tertiary/aromatic N) is 3. The number of rotatable bonds is 8. The van der Waals surface area contributed by atoms with Crippen LogP contribution in [0, 0.1) is 5.41 Å². The molecule has 0 fully saturated rings. The molecule has 0 bridgehead atoms. The van der Waals surface area contributed by atoms with Gasteiger partial charge in [0.25, 0.3) is 5.91 Å². The molecule has 0 unspecified atom stereocenters. The maximum atomic E-state index is 12.9. The topological polar surface area (TPSA) is 73.4 Å². The van der Waals surface area contributed by atoms with Crippen molar-refractivity contribution in [1.82, 2.24) is 14.7 Å². The first-order valence-electron chi connectivity index (χ1n) is 8.61. The lowest BCUT2D eigenvalue weighted by Gasteiger charge is -2.28. The van der Waals surface area contributed by atoms with Gasteiger partial charge < -0.3 is 15.4 Å². The molecule has 2 rings (SSSR count). The Morgan fingerprint density at radius 1 is 1.32 bits per heavy atom. The summed E-state index contributed by atoms with van der Waals surface area (Å²) in [5.74, 6) is 0.343. The van der Waals surface area contributed by atoms with Crippen LogP contribution in [-0.4, -0.2) is 47.3 Å². The molecule has 1 heterocycles. The molecule has 25 heavy (non-hydrogen) atoms. The Hall–Kier alpha value is -2.34. The van der Waals surface area contributed by atoms with Gasteiger partial charge in [-0.25, -0.2) is 4.68 Å². The van der Waals surface area contributed by atoms with Crippen LogP contribution in [0.5, 0.6) is 5.75 Å². The normalized spacial score (nSPS) is 11.4. The lowest BCUT2D eigenvalue weighted by Crippen LogP contribution is -2.40. The first-order chi connectivity index (χ1) is 11.9. The predicted octanol–water partition coefficient (Wildman–Crippen LogP) is 2.72. The van der Waals surface area contributed by atoms with Crippen LogP contribution < -0.4 is 10.5 Å². The first kappa shape index (κ1) is 19.0. The predicted molar refractivity (Wildman–Crippen MR) is 99.1 cm³/mol. The molecule has 1 aromatic heterocycles. The van der Waals surface area contributed by atoms with Gasteiger partial charge in [-0.2, -0.15) is 5.10 Å². The minimum Gasteiger partial charge on any atom is -0.489 e. The highest BCUT2D eigenvalue weighted by atomic mass is 16.5. The molecular weight excluding hydrogens is 316 g/mol. The molecule has 0 saturated heterocycles. The highest BCUT2D eigenvalue weighted by molar-refractivity contribution is 5.94. The highest BCUT2D eigenvalue weighted by Crippen LogP contribution is 2.23. The van der Waals surface area contributed by atoms with Crippen molar-refractivity contribution in [2.45, 2.75) is 27.2 Å². The summed E-state index contributed by atoms with van der Waals surface area (Å²) < 4.78 is 7.44. The van der Waals surface area contributed by atoms with Crippen LogP contribution in [0.15, 0.2) is 36.5 Å². The van der Waals surface area contributed by atoms with Gasteiger partial charge in [0.05, 0.1) is 18.5 Å². The van der Waals surface area contributed by atoms with Crippen LogP contribution in [0.2, 0.25) is 0 Å². The van der Waals surface area contributed by atoms with E-state index in [1.807, 2.05) is 51.1 Å². The van der Waals surface area contributed by atoms with E-state index in [1.54, 1.807) is 22.8 Å². The number of ether oxygens (including phenoxy) is 1. The number of hydrogen-bond acceptors (Lipinski definition) is 4.